The highest BCUT2D eigenvalue weighted by molar-refractivity contribution is 5.94. The number of quaternary nitrogens is 1. The second-order valence-corrected chi connectivity index (χ2v) is 8.12. The molecule has 0 unspecified atom stereocenters. The highest BCUT2D eigenvalue weighted by Crippen LogP contribution is 2.23. The van der Waals surface area contributed by atoms with Gasteiger partial charge in [0.1, 0.15) is 5.82 Å². The van der Waals surface area contributed by atoms with Crippen LogP contribution >= 0.6 is 0 Å². The van der Waals surface area contributed by atoms with Gasteiger partial charge in [-0.3, -0.25) is 9.59 Å². The summed E-state index contributed by atoms with van der Waals surface area (Å²) in [5.41, 5.74) is 0.353. The highest BCUT2D eigenvalue weighted by atomic mass is 19.1. The first-order chi connectivity index (χ1) is 13.0. The minimum absolute atomic E-state index is 0.0888. The van der Waals surface area contributed by atoms with Crippen molar-refractivity contribution in [1.29, 1.82) is 0 Å². The van der Waals surface area contributed by atoms with Crippen LogP contribution in [0.25, 0.3) is 0 Å². The van der Waals surface area contributed by atoms with Gasteiger partial charge < -0.3 is 15.5 Å². The second kappa shape index (κ2) is 9.31. The number of carbonyl (C=O) groups is 2. The minimum atomic E-state index is -0.403. The van der Waals surface area contributed by atoms with Gasteiger partial charge in [0.2, 0.25) is 0 Å². The van der Waals surface area contributed by atoms with Crippen LogP contribution in [0.5, 0.6) is 0 Å². The normalized spacial score (nSPS) is 28.4. The Morgan fingerprint density at radius 1 is 1.11 bits per heavy atom. The van der Waals surface area contributed by atoms with E-state index in [1.54, 1.807) is 12.1 Å². The molecule has 0 aromatic heterocycles. The summed E-state index contributed by atoms with van der Waals surface area (Å²) in [6.45, 7) is 4.46. The van der Waals surface area contributed by atoms with Crippen molar-refractivity contribution in [2.75, 3.05) is 19.6 Å². The molecule has 2 atom stereocenters. The molecule has 1 saturated heterocycles. The monoisotopic (exact) mass is 376 g/mol. The summed E-state index contributed by atoms with van der Waals surface area (Å²) in [6, 6.07) is 6.17. The van der Waals surface area contributed by atoms with E-state index in [1.807, 2.05) is 0 Å². The molecule has 148 valence electrons. The number of piperidine rings is 1. The van der Waals surface area contributed by atoms with Gasteiger partial charge in [-0.05, 0) is 37.0 Å². The molecular formula is C21H31FN3O2+. The van der Waals surface area contributed by atoms with Crippen molar-refractivity contribution < 1.29 is 18.9 Å². The molecule has 2 aliphatic rings. The molecule has 1 saturated carbocycles. The van der Waals surface area contributed by atoms with Gasteiger partial charge in [-0.25, -0.2) is 4.39 Å². The number of rotatable bonds is 5. The molecule has 1 heterocycles. The Balaban J connectivity index is 1.39. The maximum Gasteiger partial charge on any atom is 0.275 e. The van der Waals surface area contributed by atoms with E-state index in [0.717, 1.165) is 32.4 Å². The molecule has 6 heteroatoms. The van der Waals surface area contributed by atoms with E-state index in [0.29, 0.717) is 24.1 Å². The van der Waals surface area contributed by atoms with Gasteiger partial charge >= 0.3 is 0 Å². The zero-order valence-electron chi connectivity index (χ0n) is 16.1. The minimum Gasteiger partial charge on any atom is -0.349 e. The molecule has 1 aliphatic carbocycles. The quantitative estimate of drug-likeness (QED) is 0.725. The third-order valence-corrected chi connectivity index (χ3v) is 5.98. The number of benzene rings is 1. The second-order valence-electron chi connectivity index (χ2n) is 8.12. The van der Waals surface area contributed by atoms with Crippen LogP contribution in [-0.2, 0) is 4.79 Å². The zero-order valence-corrected chi connectivity index (χ0v) is 16.1. The molecular weight excluding hydrogens is 345 g/mol. The van der Waals surface area contributed by atoms with Crippen molar-refractivity contribution in [2.24, 2.45) is 5.92 Å². The zero-order chi connectivity index (χ0) is 19.2. The molecule has 0 radical (unpaired) electrons. The van der Waals surface area contributed by atoms with Crippen molar-refractivity contribution >= 4 is 11.8 Å². The van der Waals surface area contributed by atoms with Crippen LogP contribution in [-0.4, -0.2) is 43.5 Å². The highest BCUT2D eigenvalue weighted by Gasteiger charge is 2.27. The SMILES string of the molecule is C[C@H]1CCCC[C@@H]1NC(=O)C[NH+]1CCC(NC(=O)c2cccc(F)c2)CC1. The predicted molar refractivity (Wildman–Crippen MR) is 102 cm³/mol. The van der Waals surface area contributed by atoms with E-state index in [4.69, 9.17) is 0 Å². The van der Waals surface area contributed by atoms with Crippen molar-refractivity contribution in [3.05, 3.63) is 35.6 Å². The van der Waals surface area contributed by atoms with E-state index >= 15 is 0 Å². The Kier molecular flexibility index (Phi) is 6.83. The van der Waals surface area contributed by atoms with Gasteiger partial charge in [-0.2, -0.15) is 0 Å². The number of carbonyl (C=O) groups excluding carboxylic acids is 2. The molecule has 27 heavy (non-hydrogen) atoms. The van der Waals surface area contributed by atoms with E-state index < -0.39 is 5.82 Å². The molecule has 0 spiro atoms. The first-order valence-corrected chi connectivity index (χ1v) is 10.2. The first kappa shape index (κ1) is 19.8. The molecule has 0 bridgehead atoms. The van der Waals surface area contributed by atoms with Crippen LogP contribution in [0, 0.1) is 11.7 Å². The maximum absolute atomic E-state index is 13.2. The number of likely N-dealkylation sites (tertiary alicyclic amines) is 1. The summed E-state index contributed by atoms with van der Waals surface area (Å²) in [5.74, 6) is 0.0830. The van der Waals surface area contributed by atoms with E-state index in [2.05, 4.69) is 17.6 Å². The summed E-state index contributed by atoms with van der Waals surface area (Å²) >= 11 is 0. The average Bonchev–Trinajstić information content (AvgIpc) is 2.65. The smallest absolute Gasteiger partial charge is 0.275 e. The van der Waals surface area contributed by atoms with Gasteiger partial charge in [0.15, 0.2) is 6.54 Å². The number of nitrogens with one attached hydrogen (secondary N) is 3. The van der Waals surface area contributed by atoms with Crippen LogP contribution in [0.1, 0.15) is 55.8 Å². The molecule has 1 aliphatic heterocycles. The lowest BCUT2D eigenvalue weighted by Crippen LogP contribution is -3.14. The molecule has 2 amide bonds. The van der Waals surface area contributed by atoms with Crippen LogP contribution in [0.15, 0.2) is 24.3 Å². The summed E-state index contributed by atoms with van der Waals surface area (Å²) in [5, 5.41) is 6.21. The van der Waals surface area contributed by atoms with Gasteiger partial charge in [0.05, 0.1) is 13.1 Å². The van der Waals surface area contributed by atoms with Gasteiger partial charge in [0, 0.05) is 30.5 Å². The summed E-state index contributed by atoms with van der Waals surface area (Å²) in [4.78, 5) is 25.9. The van der Waals surface area contributed by atoms with Crippen molar-refractivity contribution in [2.45, 2.75) is 57.5 Å². The Hall–Kier alpha value is -1.95. The first-order valence-electron chi connectivity index (χ1n) is 10.2. The van der Waals surface area contributed by atoms with Gasteiger partial charge in [-0.1, -0.05) is 25.8 Å². The summed E-state index contributed by atoms with van der Waals surface area (Å²) in [6.07, 6.45) is 6.45. The number of halogens is 1. The lowest BCUT2D eigenvalue weighted by Gasteiger charge is -2.32. The molecule has 5 nitrogen and oxygen atoms in total. The van der Waals surface area contributed by atoms with Crippen molar-refractivity contribution in [1.82, 2.24) is 10.6 Å². The Labute approximate surface area is 160 Å². The molecule has 3 N–H and O–H groups in total. The third-order valence-electron chi connectivity index (χ3n) is 5.98. The van der Waals surface area contributed by atoms with E-state index in [9.17, 15) is 14.0 Å². The Bertz CT molecular complexity index is 659. The lowest BCUT2D eigenvalue weighted by atomic mass is 9.86. The van der Waals surface area contributed by atoms with Gasteiger partial charge in [0.25, 0.3) is 11.8 Å². The predicted octanol–water partition coefficient (Wildman–Crippen LogP) is 1.30. The average molecular weight is 376 g/mol. The van der Waals surface area contributed by atoms with Gasteiger partial charge in [-0.15, -0.1) is 0 Å². The van der Waals surface area contributed by atoms with Crippen LogP contribution in [0.3, 0.4) is 0 Å². The standard InChI is InChI=1S/C21H30FN3O2/c1-15-5-2-3-8-19(15)24-20(26)14-25-11-9-18(10-12-25)23-21(27)16-6-4-7-17(22)13-16/h4,6-7,13,15,18-19H,2-3,5,8-12,14H2,1H3,(H,23,27)(H,24,26)/p+1/t15-,19-/m0/s1. The number of hydrogen-bond donors (Lipinski definition) is 3. The largest absolute Gasteiger partial charge is 0.349 e. The van der Waals surface area contributed by atoms with Crippen LogP contribution < -0.4 is 15.5 Å². The number of hydrogen-bond acceptors (Lipinski definition) is 2. The Morgan fingerprint density at radius 3 is 2.56 bits per heavy atom. The topological polar surface area (TPSA) is 62.6 Å². The maximum atomic E-state index is 13.2. The van der Waals surface area contributed by atoms with Crippen LogP contribution in [0.2, 0.25) is 0 Å². The molecule has 1 aromatic rings. The third kappa shape index (κ3) is 5.76. The fourth-order valence-corrected chi connectivity index (χ4v) is 4.26. The molecule has 3 rings (SSSR count). The number of amides is 2. The lowest BCUT2D eigenvalue weighted by molar-refractivity contribution is -0.897. The molecule has 1 aromatic carbocycles. The molecule has 2 fully saturated rings. The van der Waals surface area contributed by atoms with E-state index in [1.165, 1.54) is 36.3 Å². The van der Waals surface area contributed by atoms with E-state index in [-0.39, 0.29) is 17.9 Å². The van der Waals surface area contributed by atoms with Crippen molar-refractivity contribution in [3.63, 3.8) is 0 Å². The Morgan fingerprint density at radius 2 is 1.85 bits per heavy atom. The fourth-order valence-electron chi connectivity index (χ4n) is 4.26. The summed E-state index contributed by atoms with van der Waals surface area (Å²) < 4.78 is 13.2. The summed E-state index contributed by atoms with van der Waals surface area (Å²) in [7, 11) is 0. The van der Waals surface area contributed by atoms with Crippen LogP contribution in [0.4, 0.5) is 4.39 Å². The fraction of sp³-hybridized carbons (Fsp3) is 0.619. The van der Waals surface area contributed by atoms with Crippen molar-refractivity contribution in [3.8, 4) is 0 Å².